The van der Waals surface area contributed by atoms with Crippen LogP contribution in [-0.2, 0) is 0 Å². The first kappa shape index (κ1) is 13.6. The molecule has 0 aliphatic carbocycles. The molecule has 0 unspecified atom stereocenters. The summed E-state index contributed by atoms with van der Waals surface area (Å²) in [6.45, 7) is 0.608. The van der Waals surface area contributed by atoms with Crippen molar-refractivity contribution in [1.82, 2.24) is 9.97 Å². The zero-order valence-corrected chi connectivity index (χ0v) is 10.1. The molecule has 1 aromatic rings. The van der Waals surface area contributed by atoms with Gasteiger partial charge in [-0.25, -0.2) is 9.97 Å². The van der Waals surface area contributed by atoms with Crippen LogP contribution in [0.25, 0.3) is 0 Å². The lowest BCUT2D eigenvalue weighted by atomic mass is 9.96. The van der Waals surface area contributed by atoms with Gasteiger partial charge in [-0.15, -0.1) is 0 Å². The van der Waals surface area contributed by atoms with Gasteiger partial charge in [-0.1, -0.05) is 0 Å². The molecule has 19 heavy (non-hydrogen) atoms. The first-order valence-electron chi connectivity index (χ1n) is 5.86. The number of alkyl halides is 3. The summed E-state index contributed by atoms with van der Waals surface area (Å²) < 4.78 is 37.6. The van der Waals surface area contributed by atoms with E-state index in [2.05, 4.69) is 9.97 Å². The van der Waals surface area contributed by atoms with Gasteiger partial charge in [-0.05, 0) is 12.8 Å². The van der Waals surface area contributed by atoms with Crippen LogP contribution >= 0.6 is 0 Å². The molecule has 1 aliphatic heterocycles. The molecular formula is C11H14F3N5. The van der Waals surface area contributed by atoms with Crippen molar-refractivity contribution < 1.29 is 13.2 Å². The lowest BCUT2D eigenvalue weighted by molar-refractivity contribution is -0.179. The number of nitrogens with one attached hydrogen (secondary N) is 1. The van der Waals surface area contributed by atoms with Crippen molar-refractivity contribution in [2.45, 2.75) is 19.0 Å². The van der Waals surface area contributed by atoms with Crippen LogP contribution < -0.4 is 10.6 Å². The second-order valence-corrected chi connectivity index (χ2v) is 4.48. The second kappa shape index (κ2) is 5.02. The average molecular weight is 273 g/mol. The van der Waals surface area contributed by atoms with E-state index in [0.29, 0.717) is 18.9 Å². The predicted octanol–water partition coefficient (Wildman–Crippen LogP) is 1.54. The normalized spacial score (nSPS) is 17.5. The van der Waals surface area contributed by atoms with Gasteiger partial charge < -0.3 is 10.6 Å². The highest BCUT2D eigenvalue weighted by Gasteiger charge is 2.41. The highest BCUT2D eigenvalue weighted by Crippen LogP contribution is 2.34. The summed E-state index contributed by atoms with van der Waals surface area (Å²) in [5, 5.41) is 7.18. The van der Waals surface area contributed by atoms with Crippen LogP contribution in [0.3, 0.4) is 0 Å². The number of hydrogen-bond acceptors (Lipinski definition) is 4. The van der Waals surface area contributed by atoms with Gasteiger partial charge in [0.2, 0.25) is 0 Å². The lowest BCUT2D eigenvalue weighted by Crippen LogP contribution is -2.39. The average Bonchev–Trinajstić information content (AvgIpc) is 2.38. The first-order valence-corrected chi connectivity index (χ1v) is 5.86. The quantitative estimate of drug-likeness (QED) is 0.633. The minimum atomic E-state index is -4.11. The Morgan fingerprint density at radius 2 is 1.89 bits per heavy atom. The van der Waals surface area contributed by atoms with Crippen LogP contribution in [0.1, 0.15) is 18.5 Å². The largest absolute Gasteiger partial charge is 0.391 e. The number of amidine groups is 1. The van der Waals surface area contributed by atoms with Crippen molar-refractivity contribution in [2.75, 3.05) is 18.0 Å². The molecule has 0 spiro atoms. The highest BCUT2D eigenvalue weighted by atomic mass is 19.4. The van der Waals surface area contributed by atoms with E-state index >= 15 is 0 Å². The van der Waals surface area contributed by atoms with Crippen LogP contribution in [0.4, 0.5) is 19.0 Å². The molecule has 3 N–H and O–H groups in total. The Balaban J connectivity index is 2.00. The van der Waals surface area contributed by atoms with Gasteiger partial charge in [0.25, 0.3) is 0 Å². The Bertz CT molecular complexity index is 448. The predicted molar refractivity (Wildman–Crippen MR) is 64.0 cm³/mol. The SMILES string of the molecule is N=C(N)c1cnc(N2CCC(C(F)(F)F)CC2)cn1. The van der Waals surface area contributed by atoms with Gasteiger partial charge in [-0.3, -0.25) is 5.41 Å². The number of nitrogen functional groups attached to an aromatic ring is 1. The van der Waals surface area contributed by atoms with Crippen LogP contribution in [0.5, 0.6) is 0 Å². The maximum Gasteiger partial charge on any atom is 0.391 e. The van der Waals surface area contributed by atoms with Crippen molar-refractivity contribution in [3.8, 4) is 0 Å². The Labute approximate surface area is 108 Å². The van der Waals surface area contributed by atoms with Crippen LogP contribution in [0.2, 0.25) is 0 Å². The van der Waals surface area contributed by atoms with Crippen molar-refractivity contribution in [3.63, 3.8) is 0 Å². The third-order valence-electron chi connectivity index (χ3n) is 3.20. The smallest absolute Gasteiger partial charge is 0.382 e. The minimum absolute atomic E-state index is 0.0691. The molecule has 0 amide bonds. The van der Waals surface area contributed by atoms with Crippen LogP contribution in [0, 0.1) is 11.3 Å². The monoisotopic (exact) mass is 273 g/mol. The number of nitrogens with zero attached hydrogens (tertiary/aromatic N) is 3. The molecule has 2 heterocycles. The topological polar surface area (TPSA) is 78.9 Å². The Morgan fingerprint density at radius 3 is 2.32 bits per heavy atom. The molecule has 0 aromatic carbocycles. The fourth-order valence-corrected chi connectivity index (χ4v) is 2.06. The summed E-state index contributed by atoms with van der Waals surface area (Å²) in [6.07, 6.45) is -1.19. The molecule has 1 fully saturated rings. The van der Waals surface area contributed by atoms with Crippen molar-refractivity contribution >= 4 is 11.7 Å². The summed E-state index contributed by atoms with van der Waals surface area (Å²) in [5.74, 6) is -0.895. The zero-order chi connectivity index (χ0) is 14.0. The van der Waals surface area contributed by atoms with E-state index in [1.54, 1.807) is 4.90 Å². The van der Waals surface area contributed by atoms with E-state index in [1.165, 1.54) is 12.4 Å². The van der Waals surface area contributed by atoms with Gasteiger partial charge in [0.05, 0.1) is 18.3 Å². The summed E-state index contributed by atoms with van der Waals surface area (Å²) >= 11 is 0. The Kier molecular flexibility index (Phi) is 3.59. The number of anilines is 1. The summed E-state index contributed by atoms with van der Waals surface area (Å²) in [6, 6.07) is 0. The molecule has 0 radical (unpaired) electrons. The van der Waals surface area contributed by atoms with E-state index in [0.717, 1.165) is 0 Å². The number of halogens is 3. The maximum absolute atomic E-state index is 12.5. The number of piperidine rings is 1. The number of rotatable bonds is 2. The Hall–Kier alpha value is -1.86. The van der Waals surface area contributed by atoms with E-state index in [1.807, 2.05) is 0 Å². The van der Waals surface area contributed by atoms with Crippen LogP contribution in [0.15, 0.2) is 12.4 Å². The zero-order valence-electron chi connectivity index (χ0n) is 10.1. The van der Waals surface area contributed by atoms with E-state index in [9.17, 15) is 13.2 Å². The first-order chi connectivity index (χ1) is 8.88. The van der Waals surface area contributed by atoms with Crippen molar-refractivity contribution in [2.24, 2.45) is 11.7 Å². The molecular weight excluding hydrogens is 259 g/mol. The standard InChI is InChI=1S/C11H14F3N5/c12-11(13,14)7-1-3-19(4-2-7)9-6-17-8(5-18-9)10(15)16/h5-7H,1-4H2,(H3,15,16). The van der Waals surface area contributed by atoms with E-state index < -0.39 is 12.1 Å². The summed E-state index contributed by atoms with van der Waals surface area (Å²) in [4.78, 5) is 9.78. The van der Waals surface area contributed by atoms with Gasteiger partial charge in [-0.2, -0.15) is 13.2 Å². The molecule has 5 nitrogen and oxygen atoms in total. The molecule has 2 rings (SSSR count). The molecule has 0 saturated carbocycles. The minimum Gasteiger partial charge on any atom is -0.382 e. The van der Waals surface area contributed by atoms with E-state index in [4.69, 9.17) is 11.1 Å². The maximum atomic E-state index is 12.5. The fourth-order valence-electron chi connectivity index (χ4n) is 2.06. The third-order valence-corrected chi connectivity index (χ3v) is 3.20. The third kappa shape index (κ3) is 3.12. The number of nitrogens with two attached hydrogens (primary N) is 1. The second-order valence-electron chi connectivity index (χ2n) is 4.48. The Morgan fingerprint density at radius 1 is 1.26 bits per heavy atom. The fraction of sp³-hybridized carbons (Fsp3) is 0.545. The van der Waals surface area contributed by atoms with Gasteiger partial charge in [0.15, 0.2) is 0 Å². The van der Waals surface area contributed by atoms with Gasteiger partial charge in [0, 0.05) is 13.1 Å². The highest BCUT2D eigenvalue weighted by molar-refractivity contribution is 5.92. The van der Waals surface area contributed by atoms with Gasteiger partial charge in [0.1, 0.15) is 17.3 Å². The lowest BCUT2D eigenvalue weighted by Gasteiger charge is -2.33. The van der Waals surface area contributed by atoms with E-state index in [-0.39, 0.29) is 24.4 Å². The van der Waals surface area contributed by atoms with Crippen molar-refractivity contribution in [1.29, 1.82) is 5.41 Å². The van der Waals surface area contributed by atoms with Gasteiger partial charge >= 0.3 is 6.18 Å². The molecule has 1 aromatic heterocycles. The molecule has 104 valence electrons. The number of aromatic nitrogens is 2. The molecule has 0 atom stereocenters. The molecule has 1 saturated heterocycles. The molecule has 1 aliphatic rings. The number of hydrogen-bond donors (Lipinski definition) is 2. The van der Waals surface area contributed by atoms with Crippen molar-refractivity contribution in [3.05, 3.63) is 18.1 Å². The molecule has 0 bridgehead atoms. The molecule has 8 heteroatoms. The van der Waals surface area contributed by atoms with Crippen LogP contribution in [-0.4, -0.2) is 35.1 Å². The summed E-state index contributed by atoms with van der Waals surface area (Å²) in [5.41, 5.74) is 5.51. The summed E-state index contributed by atoms with van der Waals surface area (Å²) in [7, 11) is 0.